The van der Waals surface area contributed by atoms with Crippen molar-refractivity contribution in [2.45, 2.75) is 44.7 Å². The molecule has 0 spiro atoms. The van der Waals surface area contributed by atoms with Gasteiger partial charge in [-0.1, -0.05) is 0 Å². The molecule has 0 bridgehead atoms. The van der Waals surface area contributed by atoms with Crippen LogP contribution in [0.4, 0.5) is 0 Å². The third-order valence-corrected chi connectivity index (χ3v) is 2.60. The monoisotopic (exact) mass is 201 g/mol. The van der Waals surface area contributed by atoms with Crippen molar-refractivity contribution in [3.05, 3.63) is 0 Å². The van der Waals surface area contributed by atoms with Crippen LogP contribution in [-0.2, 0) is 9.53 Å². The van der Waals surface area contributed by atoms with Gasteiger partial charge < -0.3 is 15.2 Å². The quantitative estimate of drug-likeness (QED) is 0.697. The van der Waals surface area contributed by atoms with E-state index in [1.54, 1.807) is 0 Å². The van der Waals surface area contributed by atoms with Gasteiger partial charge in [-0.25, -0.2) is 0 Å². The lowest BCUT2D eigenvalue weighted by Gasteiger charge is -2.28. The molecule has 1 rings (SSSR count). The van der Waals surface area contributed by atoms with E-state index in [0.717, 1.165) is 19.6 Å². The minimum absolute atomic E-state index is 0.0396. The van der Waals surface area contributed by atoms with E-state index in [9.17, 15) is 4.79 Å². The summed E-state index contributed by atoms with van der Waals surface area (Å²) >= 11 is 0. The first-order valence-corrected chi connectivity index (χ1v) is 5.09. The summed E-state index contributed by atoms with van der Waals surface area (Å²) in [5, 5.41) is 12.0. The van der Waals surface area contributed by atoms with Crippen molar-refractivity contribution in [3.63, 3.8) is 0 Å². The van der Waals surface area contributed by atoms with Crippen LogP contribution in [0, 0.1) is 0 Å². The van der Waals surface area contributed by atoms with Crippen LogP contribution >= 0.6 is 0 Å². The molecule has 1 heterocycles. The summed E-state index contributed by atoms with van der Waals surface area (Å²) in [7, 11) is 0. The van der Waals surface area contributed by atoms with Crippen LogP contribution in [0.15, 0.2) is 0 Å². The second-order valence-corrected chi connectivity index (χ2v) is 4.34. The summed E-state index contributed by atoms with van der Waals surface area (Å²) in [5.41, 5.74) is 0.0396. The number of hydrogen-bond donors (Lipinski definition) is 2. The second-order valence-electron chi connectivity index (χ2n) is 4.34. The Hall–Kier alpha value is -0.610. The molecule has 0 aromatic rings. The van der Waals surface area contributed by atoms with E-state index in [0.29, 0.717) is 6.42 Å². The lowest BCUT2D eigenvalue weighted by Crippen LogP contribution is -2.47. The molecule has 0 saturated carbocycles. The Bertz CT molecular complexity index is 200. The van der Waals surface area contributed by atoms with Crippen molar-refractivity contribution in [1.29, 1.82) is 0 Å². The van der Waals surface area contributed by atoms with Crippen LogP contribution in [0.1, 0.15) is 33.1 Å². The van der Waals surface area contributed by atoms with Crippen molar-refractivity contribution >= 4 is 5.97 Å². The van der Waals surface area contributed by atoms with Crippen LogP contribution in [0.5, 0.6) is 0 Å². The molecule has 4 heteroatoms. The van der Waals surface area contributed by atoms with Crippen molar-refractivity contribution < 1.29 is 14.6 Å². The highest BCUT2D eigenvalue weighted by molar-refractivity contribution is 5.66. The van der Waals surface area contributed by atoms with Gasteiger partial charge in [-0.15, -0.1) is 0 Å². The first-order valence-electron chi connectivity index (χ1n) is 5.09. The van der Waals surface area contributed by atoms with Gasteiger partial charge in [0.2, 0.25) is 0 Å². The minimum Gasteiger partial charge on any atom is -0.481 e. The zero-order chi connectivity index (χ0) is 10.6. The fraction of sp³-hybridized carbons (Fsp3) is 0.900. The molecule has 4 nitrogen and oxygen atoms in total. The van der Waals surface area contributed by atoms with Crippen molar-refractivity contribution in [1.82, 2.24) is 5.32 Å². The Morgan fingerprint density at radius 3 is 2.93 bits per heavy atom. The molecular formula is C10H19NO3. The van der Waals surface area contributed by atoms with Gasteiger partial charge in [0.1, 0.15) is 0 Å². The Morgan fingerprint density at radius 1 is 1.71 bits per heavy atom. The SMILES string of the molecule is CC(CCC(=O)O)NC1(C)CCOC1. The largest absolute Gasteiger partial charge is 0.481 e. The average molecular weight is 201 g/mol. The van der Waals surface area contributed by atoms with Crippen LogP contribution in [0.3, 0.4) is 0 Å². The molecule has 2 N–H and O–H groups in total. The van der Waals surface area contributed by atoms with E-state index >= 15 is 0 Å². The molecule has 14 heavy (non-hydrogen) atoms. The predicted molar refractivity (Wildman–Crippen MR) is 53.3 cm³/mol. The highest BCUT2D eigenvalue weighted by Crippen LogP contribution is 2.18. The highest BCUT2D eigenvalue weighted by atomic mass is 16.5. The van der Waals surface area contributed by atoms with Gasteiger partial charge in [0.15, 0.2) is 0 Å². The maximum absolute atomic E-state index is 10.4. The summed E-state index contributed by atoms with van der Waals surface area (Å²) in [6.45, 7) is 5.67. The van der Waals surface area contributed by atoms with Gasteiger partial charge in [-0.05, 0) is 26.7 Å². The molecular weight excluding hydrogens is 182 g/mol. The van der Waals surface area contributed by atoms with Crippen LogP contribution in [-0.4, -0.2) is 35.9 Å². The molecule has 0 aromatic heterocycles. The first-order chi connectivity index (χ1) is 6.52. The number of ether oxygens (including phenoxy) is 1. The Morgan fingerprint density at radius 2 is 2.43 bits per heavy atom. The molecule has 0 amide bonds. The third kappa shape index (κ3) is 3.64. The fourth-order valence-electron chi connectivity index (χ4n) is 1.79. The average Bonchev–Trinajstić information content (AvgIpc) is 2.48. The number of nitrogens with one attached hydrogen (secondary N) is 1. The molecule has 1 aliphatic heterocycles. The number of rotatable bonds is 5. The van der Waals surface area contributed by atoms with E-state index in [1.807, 2.05) is 6.92 Å². The minimum atomic E-state index is -0.730. The number of aliphatic carboxylic acids is 1. The van der Waals surface area contributed by atoms with Crippen LogP contribution < -0.4 is 5.32 Å². The fourth-order valence-corrected chi connectivity index (χ4v) is 1.79. The Kier molecular flexibility index (Phi) is 3.89. The van der Waals surface area contributed by atoms with Crippen molar-refractivity contribution in [3.8, 4) is 0 Å². The molecule has 2 unspecified atom stereocenters. The molecule has 1 aliphatic rings. The maximum Gasteiger partial charge on any atom is 0.303 e. The zero-order valence-electron chi connectivity index (χ0n) is 8.88. The number of carboxylic acid groups (broad SMARTS) is 1. The van der Waals surface area contributed by atoms with E-state index in [4.69, 9.17) is 9.84 Å². The van der Waals surface area contributed by atoms with Crippen LogP contribution in [0.25, 0.3) is 0 Å². The summed E-state index contributed by atoms with van der Waals surface area (Å²) in [6.07, 6.45) is 1.90. The molecule has 0 radical (unpaired) electrons. The zero-order valence-corrected chi connectivity index (χ0v) is 8.88. The predicted octanol–water partition coefficient (Wildman–Crippen LogP) is 1.01. The molecule has 1 fully saturated rings. The number of carbonyl (C=O) groups is 1. The van der Waals surface area contributed by atoms with E-state index in [-0.39, 0.29) is 18.0 Å². The van der Waals surface area contributed by atoms with E-state index < -0.39 is 5.97 Å². The summed E-state index contributed by atoms with van der Waals surface area (Å²) in [5.74, 6) is -0.730. The van der Waals surface area contributed by atoms with Crippen molar-refractivity contribution in [2.24, 2.45) is 0 Å². The lowest BCUT2D eigenvalue weighted by molar-refractivity contribution is -0.137. The molecule has 1 saturated heterocycles. The number of carboxylic acids is 1. The topological polar surface area (TPSA) is 58.6 Å². The van der Waals surface area contributed by atoms with Gasteiger partial charge in [-0.2, -0.15) is 0 Å². The van der Waals surface area contributed by atoms with Crippen molar-refractivity contribution in [2.75, 3.05) is 13.2 Å². The van der Waals surface area contributed by atoms with Gasteiger partial charge >= 0.3 is 5.97 Å². The Labute approximate surface area is 84.6 Å². The number of hydrogen-bond acceptors (Lipinski definition) is 3. The van der Waals surface area contributed by atoms with E-state index in [1.165, 1.54) is 0 Å². The van der Waals surface area contributed by atoms with Gasteiger partial charge in [0.05, 0.1) is 6.61 Å². The van der Waals surface area contributed by atoms with Crippen LogP contribution in [0.2, 0.25) is 0 Å². The maximum atomic E-state index is 10.4. The molecule has 0 aromatic carbocycles. The molecule has 82 valence electrons. The van der Waals surface area contributed by atoms with Gasteiger partial charge in [-0.3, -0.25) is 4.79 Å². The first kappa shape index (κ1) is 11.5. The second kappa shape index (κ2) is 4.75. The normalized spacial score (nSPS) is 29.0. The molecule has 0 aliphatic carbocycles. The van der Waals surface area contributed by atoms with Gasteiger partial charge in [0, 0.05) is 24.6 Å². The van der Waals surface area contributed by atoms with Gasteiger partial charge in [0.25, 0.3) is 0 Å². The molecule has 2 atom stereocenters. The van der Waals surface area contributed by atoms with E-state index in [2.05, 4.69) is 12.2 Å². The lowest BCUT2D eigenvalue weighted by atomic mass is 9.99. The summed E-state index contributed by atoms with van der Waals surface area (Å²) in [4.78, 5) is 10.4. The summed E-state index contributed by atoms with van der Waals surface area (Å²) < 4.78 is 5.31. The smallest absolute Gasteiger partial charge is 0.303 e. The highest BCUT2D eigenvalue weighted by Gasteiger charge is 2.30. The third-order valence-electron chi connectivity index (χ3n) is 2.60. The Balaban J connectivity index is 2.25. The summed E-state index contributed by atoms with van der Waals surface area (Å²) in [6, 6.07) is 0.234. The standard InChI is InChI=1S/C10H19NO3/c1-8(3-4-9(12)13)11-10(2)5-6-14-7-10/h8,11H,3-7H2,1-2H3,(H,12,13).